The molecule has 0 bridgehead atoms. The first-order chi connectivity index (χ1) is 9.45. The second kappa shape index (κ2) is 5.66. The third kappa shape index (κ3) is 2.71. The van der Waals surface area contributed by atoms with E-state index in [1.165, 1.54) is 29.6 Å². The highest BCUT2D eigenvalue weighted by Gasteiger charge is 2.68. The Hall–Kier alpha value is 0.720. The number of hydrogen-bond acceptors (Lipinski definition) is 8. The van der Waals surface area contributed by atoms with E-state index in [4.69, 9.17) is 0 Å². The zero-order valence-corrected chi connectivity index (χ0v) is 16.3. The van der Waals surface area contributed by atoms with Crippen LogP contribution in [0.1, 0.15) is 13.8 Å². The van der Waals surface area contributed by atoms with Gasteiger partial charge in [0.15, 0.2) is 5.78 Å². The van der Waals surface area contributed by atoms with Crippen molar-refractivity contribution in [2.24, 2.45) is 0 Å². The molecule has 1 N–H and O–H groups in total. The van der Waals surface area contributed by atoms with Crippen LogP contribution in [0.3, 0.4) is 0 Å². The molecule has 2 unspecified atom stereocenters. The van der Waals surface area contributed by atoms with E-state index in [1.54, 1.807) is 6.08 Å². The standard InChI is InChI=1S/C12H14O3S6/c1-5(2)20-12(19)10(16)7(11(17,18)21-12)4-3-6(8(10)13)9(14)15/h3-5,16-19H,1-2H3,(H,14,15). The zero-order valence-electron chi connectivity index (χ0n) is 11.1. The molecule has 1 heterocycles. The summed E-state index contributed by atoms with van der Waals surface area (Å²) in [7, 11) is 0. The van der Waals surface area contributed by atoms with Crippen LogP contribution < -0.4 is 0 Å². The Balaban J connectivity index is 2.64. The van der Waals surface area contributed by atoms with Crippen molar-refractivity contribution < 1.29 is 14.7 Å². The number of Topliss-reactive ketones (excluding diaryl/α,β-unsaturated/α-hetero) is 1. The van der Waals surface area contributed by atoms with Gasteiger partial charge in [0.1, 0.15) is 17.1 Å². The molecule has 0 spiro atoms. The lowest BCUT2D eigenvalue weighted by atomic mass is 9.86. The second-order valence-corrected chi connectivity index (χ2v) is 12.7. The summed E-state index contributed by atoms with van der Waals surface area (Å²) in [4.78, 5) is 24.0. The molecule has 0 aromatic heterocycles. The summed E-state index contributed by atoms with van der Waals surface area (Å²) < 4.78 is -3.28. The first kappa shape index (κ1) is 18.1. The van der Waals surface area contributed by atoms with Crippen molar-refractivity contribution in [3.63, 3.8) is 0 Å². The van der Waals surface area contributed by atoms with Gasteiger partial charge < -0.3 is 5.11 Å². The lowest BCUT2D eigenvalue weighted by Crippen LogP contribution is -2.49. The van der Waals surface area contributed by atoms with Crippen molar-refractivity contribution in [1.82, 2.24) is 0 Å². The number of ketones is 1. The molecular formula is C12H14O3S6. The largest absolute Gasteiger partial charge is 0.478 e. The van der Waals surface area contributed by atoms with Crippen LogP contribution in [0.2, 0.25) is 0 Å². The number of thioether (sulfide) groups is 2. The fraction of sp³-hybridized carbons (Fsp3) is 0.500. The van der Waals surface area contributed by atoms with Crippen molar-refractivity contribution in [3.8, 4) is 0 Å². The molecule has 1 aliphatic carbocycles. The fourth-order valence-electron chi connectivity index (χ4n) is 2.26. The Morgan fingerprint density at radius 3 is 2.33 bits per heavy atom. The molecule has 1 fully saturated rings. The summed E-state index contributed by atoms with van der Waals surface area (Å²) in [5.74, 6) is -1.84. The molecule has 2 rings (SSSR count). The quantitative estimate of drug-likeness (QED) is 0.287. The maximum atomic E-state index is 12.7. The lowest BCUT2D eigenvalue weighted by Gasteiger charge is -2.39. The molecule has 0 aromatic carbocycles. The molecule has 2 atom stereocenters. The topological polar surface area (TPSA) is 54.4 Å². The van der Waals surface area contributed by atoms with Gasteiger partial charge in [0.2, 0.25) is 0 Å². The molecule has 0 aromatic rings. The van der Waals surface area contributed by atoms with E-state index in [0.717, 1.165) is 0 Å². The van der Waals surface area contributed by atoms with Crippen LogP contribution in [-0.2, 0) is 9.59 Å². The summed E-state index contributed by atoms with van der Waals surface area (Å²) >= 11 is 21.0. The molecule has 21 heavy (non-hydrogen) atoms. The molecule has 1 aliphatic heterocycles. The number of rotatable bonds is 3. The number of fused-ring (bicyclic) bond motifs is 1. The van der Waals surface area contributed by atoms with Gasteiger partial charge in [-0.1, -0.05) is 31.7 Å². The van der Waals surface area contributed by atoms with Crippen molar-refractivity contribution in [1.29, 1.82) is 0 Å². The normalized spacial score (nSPS) is 34.5. The number of aliphatic carboxylic acids is 1. The molecular weight excluding hydrogens is 385 g/mol. The second-order valence-electron chi connectivity index (χ2n) is 4.96. The van der Waals surface area contributed by atoms with Crippen LogP contribution in [0.4, 0.5) is 0 Å². The van der Waals surface area contributed by atoms with Gasteiger partial charge in [-0.3, -0.25) is 4.79 Å². The van der Waals surface area contributed by atoms with Gasteiger partial charge in [-0.15, -0.1) is 49.6 Å². The SMILES string of the molecule is CC(C)SC1(S)SC(S)(S)C2=CC=C(C(=O)O)C(=O)C21S. The van der Waals surface area contributed by atoms with Crippen LogP contribution in [0.25, 0.3) is 0 Å². The Bertz CT molecular complexity index is 582. The average Bonchev–Trinajstić information content (AvgIpc) is 2.44. The summed E-state index contributed by atoms with van der Waals surface area (Å²) in [6, 6.07) is 0. The first-order valence-corrected chi connectivity index (χ1v) is 9.42. The number of allylic oxidation sites excluding steroid dienone is 2. The van der Waals surface area contributed by atoms with Gasteiger partial charge in [-0.05, 0) is 11.6 Å². The lowest BCUT2D eigenvalue weighted by molar-refractivity contribution is -0.134. The Labute approximate surface area is 153 Å². The minimum absolute atomic E-state index is 0.169. The first-order valence-electron chi connectivity index (χ1n) is 5.94. The summed E-state index contributed by atoms with van der Waals surface area (Å²) in [5, 5.41) is 9.37. The van der Waals surface area contributed by atoms with Crippen molar-refractivity contribution in [2.45, 2.75) is 30.7 Å². The molecule has 0 amide bonds. The van der Waals surface area contributed by atoms with Crippen LogP contribution in [0.5, 0.6) is 0 Å². The molecule has 9 heteroatoms. The van der Waals surface area contributed by atoms with E-state index < -0.39 is 23.3 Å². The predicted octanol–water partition coefficient (Wildman–Crippen LogP) is 3.16. The van der Waals surface area contributed by atoms with Gasteiger partial charge in [-0.2, -0.15) is 12.6 Å². The number of thiol groups is 4. The van der Waals surface area contributed by atoms with Crippen LogP contribution in [-0.4, -0.2) is 33.7 Å². The van der Waals surface area contributed by atoms with E-state index in [1.807, 2.05) is 13.8 Å². The highest BCUT2D eigenvalue weighted by atomic mass is 32.3. The summed E-state index contributed by atoms with van der Waals surface area (Å²) in [6.45, 7) is 3.95. The molecule has 1 saturated heterocycles. The van der Waals surface area contributed by atoms with Crippen molar-refractivity contribution in [3.05, 3.63) is 23.3 Å². The molecule has 0 radical (unpaired) electrons. The van der Waals surface area contributed by atoms with Crippen molar-refractivity contribution >= 4 is 85.8 Å². The number of carbonyl (C=O) groups is 2. The molecule has 116 valence electrons. The minimum atomic E-state index is -1.37. The third-order valence-electron chi connectivity index (χ3n) is 3.09. The maximum absolute atomic E-state index is 12.7. The van der Waals surface area contributed by atoms with Crippen LogP contribution in [0, 0.1) is 0 Å². The minimum Gasteiger partial charge on any atom is -0.478 e. The number of carboxylic acids is 1. The van der Waals surface area contributed by atoms with Gasteiger partial charge >= 0.3 is 5.97 Å². The third-order valence-corrected chi connectivity index (χ3v) is 9.03. The highest BCUT2D eigenvalue weighted by Crippen LogP contribution is 2.72. The summed E-state index contributed by atoms with van der Waals surface area (Å²) in [6.07, 6.45) is 2.86. The average molecular weight is 399 g/mol. The Kier molecular flexibility index (Phi) is 4.87. The van der Waals surface area contributed by atoms with Crippen LogP contribution >= 0.6 is 74.0 Å². The smallest absolute Gasteiger partial charge is 0.339 e. The predicted molar refractivity (Wildman–Crippen MR) is 103 cm³/mol. The van der Waals surface area contributed by atoms with E-state index >= 15 is 0 Å². The number of carboxylic acid groups (broad SMARTS) is 1. The number of carbonyl (C=O) groups excluding carboxylic acids is 1. The van der Waals surface area contributed by atoms with E-state index in [0.29, 0.717) is 5.57 Å². The number of hydrogen-bond donors (Lipinski definition) is 5. The highest BCUT2D eigenvalue weighted by molar-refractivity contribution is 8.38. The van der Waals surface area contributed by atoms with Gasteiger partial charge in [0.25, 0.3) is 0 Å². The van der Waals surface area contributed by atoms with E-state index in [9.17, 15) is 14.7 Å². The molecule has 0 saturated carbocycles. The molecule has 2 aliphatic rings. The Morgan fingerprint density at radius 1 is 1.29 bits per heavy atom. The Morgan fingerprint density at radius 2 is 1.86 bits per heavy atom. The maximum Gasteiger partial charge on any atom is 0.339 e. The summed E-state index contributed by atoms with van der Waals surface area (Å²) in [5.41, 5.74) is 0.254. The monoisotopic (exact) mass is 398 g/mol. The molecule has 3 nitrogen and oxygen atoms in total. The zero-order chi connectivity index (χ0) is 16.2. The van der Waals surface area contributed by atoms with Crippen molar-refractivity contribution in [2.75, 3.05) is 0 Å². The van der Waals surface area contributed by atoms with Crippen LogP contribution in [0.15, 0.2) is 23.3 Å². The fourth-order valence-corrected chi connectivity index (χ4v) is 9.76. The van der Waals surface area contributed by atoms with Gasteiger partial charge in [-0.25, -0.2) is 4.79 Å². The van der Waals surface area contributed by atoms with Gasteiger partial charge in [0, 0.05) is 5.25 Å². The van der Waals surface area contributed by atoms with E-state index in [2.05, 4.69) is 50.5 Å². The van der Waals surface area contributed by atoms with E-state index in [-0.39, 0.29) is 10.8 Å². The van der Waals surface area contributed by atoms with Gasteiger partial charge in [0.05, 0.1) is 0 Å².